The van der Waals surface area contributed by atoms with E-state index in [0.29, 0.717) is 44.9 Å². The van der Waals surface area contributed by atoms with Crippen molar-refractivity contribution < 1.29 is 16.8 Å². The maximum atomic E-state index is 13.3. The molecule has 0 saturated heterocycles. The van der Waals surface area contributed by atoms with E-state index in [-0.39, 0.29) is 16.4 Å². The molecule has 0 saturated carbocycles. The van der Waals surface area contributed by atoms with Crippen LogP contribution in [0.25, 0.3) is 17.0 Å². The van der Waals surface area contributed by atoms with Crippen molar-refractivity contribution in [2.24, 2.45) is 0 Å². The van der Waals surface area contributed by atoms with Gasteiger partial charge in [-0.15, -0.1) is 10.2 Å². The summed E-state index contributed by atoms with van der Waals surface area (Å²) in [6, 6.07) is 17.6. The second-order valence-corrected chi connectivity index (χ2v) is 14.0. The van der Waals surface area contributed by atoms with E-state index in [1.54, 1.807) is 40.9 Å². The number of fused-ring (bicyclic) bond motifs is 1. The van der Waals surface area contributed by atoms with Gasteiger partial charge in [0, 0.05) is 23.4 Å². The van der Waals surface area contributed by atoms with Crippen LogP contribution in [0.2, 0.25) is 10.0 Å². The largest absolute Gasteiger partial charge is 0.385 e. The molecule has 0 spiro atoms. The summed E-state index contributed by atoms with van der Waals surface area (Å²) in [4.78, 5) is 0. The number of hydrogen-bond acceptors (Lipinski definition) is 6. The zero-order chi connectivity index (χ0) is 31.8. The molecule has 0 aliphatic heterocycles. The SMILES string of the molecule is Cc1cccc(OS(=O)Nc2ccc(C(C)(C)C)c(OS(=O)Nc3ccc(Cl)c(-c4nnc5cc(C(C)C)[nH]n45)c3Cl)c2)c1. The first-order valence-corrected chi connectivity index (χ1v) is 16.6. The van der Waals surface area contributed by atoms with Crippen molar-refractivity contribution in [3.63, 3.8) is 0 Å². The van der Waals surface area contributed by atoms with Gasteiger partial charge in [-0.25, -0.2) is 4.52 Å². The van der Waals surface area contributed by atoms with Gasteiger partial charge in [0.1, 0.15) is 11.5 Å². The van der Waals surface area contributed by atoms with Crippen LogP contribution >= 0.6 is 23.2 Å². The lowest BCUT2D eigenvalue weighted by Gasteiger charge is -2.23. The van der Waals surface area contributed by atoms with Crippen molar-refractivity contribution in [1.82, 2.24) is 19.8 Å². The minimum atomic E-state index is -2.09. The lowest BCUT2D eigenvalue weighted by molar-refractivity contribution is 0.523. The van der Waals surface area contributed by atoms with Crippen LogP contribution in [0, 0.1) is 6.92 Å². The van der Waals surface area contributed by atoms with Crippen molar-refractivity contribution in [3.8, 4) is 22.9 Å². The van der Waals surface area contributed by atoms with Crippen LogP contribution in [0.15, 0.2) is 60.7 Å². The first-order chi connectivity index (χ1) is 20.8. The molecule has 0 fully saturated rings. The lowest BCUT2D eigenvalue weighted by Crippen LogP contribution is -2.18. The van der Waals surface area contributed by atoms with Crippen LogP contribution in [0.1, 0.15) is 57.4 Å². The number of halogens is 2. The van der Waals surface area contributed by atoms with E-state index in [1.165, 1.54) is 0 Å². The molecule has 3 aromatic carbocycles. The molecule has 10 nitrogen and oxygen atoms in total. The summed E-state index contributed by atoms with van der Waals surface area (Å²) in [6.45, 7) is 12.1. The number of anilines is 2. The number of benzene rings is 3. The Morgan fingerprint density at radius 2 is 1.68 bits per heavy atom. The Bertz CT molecular complexity index is 1880. The van der Waals surface area contributed by atoms with Gasteiger partial charge >= 0.3 is 22.5 Å². The highest BCUT2D eigenvalue weighted by molar-refractivity contribution is 7.82. The van der Waals surface area contributed by atoms with E-state index in [0.717, 1.165) is 16.8 Å². The standard InChI is InChI=1S/C30H32Cl2N6O4S2/c1-17(2)24-16-26-33-34-29(38(26)35-24)27-22(31)12-13-23(28(27)32)37-44(40)42-25-15-19(10-11-21(25)30(4,5)6)36-43(39)41-20-9-7-8-18(3)14-20/h7-17,35-37H,1-6H3. The van der Waals surface area contributed by atoms with Gasteiger partial charge in [0.15, 0.2) is 11.5 Å². The van der Waals surface area contributed by atoms with Crippen LogP contribution < -0.4 is 17.8 Å². The third-order valence-electron chi connectivity index (χ3n) is 6.66. The second kappa shape index (κ2) is 12.8. The highest BCUT2D eigenvalue weighted by Crippen LogP contribution is 2.40. The van der Waals surface area contributed by atoms with Gasteiger partial charge in [0.05, 0.1) is 27.0 Å². The Kier molecular flexibility index (Phi) is 9.26. The fourth-order valence-electron chi connectivity index (χ4n) is 4.43. The molecule has 2 aromatic heterocycles. The summed E-state index contributed by atoms with van der Waals surface area (Å²) >= 11 is 9.38. The minimum absolute atomic E-state index is 0.194. The molecule has 14 heteroatoms. The van der Waals surface area contributed by atoms with Crippen molar-refractivity contribution >= 4 is 62.8 Å². The molecule has 232 valence electrons. The molecule has 0 aliphatic rings. The Morgan fingerprint density at radius 1 is 0.932 bits per heavy atom. The summed E-state index contributed by atoms with van der Waals surface area (Å²) in [7, 11) is 0. The van der Waals surface area contributed by atoms with Gasteiger partial charge in [0.25, 0.3) is 0 Å². The minimum Gasteiger partial charge on any atom is -0.385 e. The van der Waals surface area contributed by atoms with Crippen LogP contribution in [0.3, 0.4) is 0 Å². The Labute approximate surface area is 271 Å². The third kappa shape index (κ3) is 7.04. The van der Waals surface area contributed by atoms with Gasteiger partial charge in [-0.05, 0) is 54.2 Å². The second-order valence-electron chi connectivity index (χ2n) is 11.5. The van der Waals surface area contributed by atoms with Crippen LogP contribution in [0.4, 0.5) is 11.4 Å². The quantitative estimate of drug-likeness (QED) is 0.138. The summed E-state index contributed by atoms with van der Waals surface area (Å²) in [6.07, 6.45) is 0. The fourth-order valence-corrected chi connectivity index (χ4v) is 6.41. The number of hydrogen-bond donors (Lipinski definition) is 3. The molecule has 0 radical (unpaired) electrons. The number of aromatic nitrogens is 4. The molecular formula is C30H32Cl2N6O4S2. The molecule has 44 heavy (non-hydrogen) atoms. The van der Waals surface area contributed by atoms with Gasteiger partial charge in [0.2, 0.25) is 0 Å². The number of nitrogens with zero attached hydrogens (tertiary/aromatic N) is 3. The van der Waals surface area contributed by atoms with E-state index >= 15 is 0 Å². The first kappa shape index (κ1) is 31.8. The van der Waals surface area contributed by atoms with Crippen molar-refractivity contribution in [1.29, 1.82) is 0 Å². The average Bonchev–Trinajstić information content (AvgIpc) is 3.52. The highest BCUT2D eigenvalue weighted by Gasteiger charge is 2.24. The lowest BCUT2D eigenvalue weighted by atomic mass is 9.86. The molecule has 3 N–H and O–H groups in total. The molecule has 5 aromatic rings. The van der Waals surface area contributed by atoms with E-state index in [1.807, 2.05) is 52.0 Å². The maximum absolute atomic E-state index is 13.3. The number of rotatable bonds is 10. The predicted molar refractivity (Wildman–Crippen MR) is 178 cm³/mol. The fraction of sp³-hybridized carbons (Fsp3) is 0.267. The zero-order valence-electron chi connectivity index (χ0n) is 24.9. The Morgan fingerprint density at radius 3 is 2.39 bits per heavy atom. The van der Waals surface area contributed by atoms with Crippen molar-refractivity contribution in [3.05, 3.63) is 87.5 Å². The van der Waals surface area contributed by atoms with Crippen LogP contribution in [-0.4, -0.2) is 28.2 Å². The van der Waals surface area contributed by atoms with Crippen LogP contribution in [0.5, 0.6) is 11.5 Å². The number of nitrogens with one attached hydrogen (secondary N) is 3. The summed E-state index contributed by atoms with van der Waals surface area (Å²) < 4.78 is 44.8. The van der Waals surface area contributed by atoms with E-state index in [2.05, 4.69) is 38.6 Å². The molecule has 0 bridgehead atoms. The van der Waals surface area contributed by atoms with E-state index < -0.39 is 22.5 Å². The number of aromatic amines is 1. The highest BCUT2D eigenvalue weighted by atomic mass is 35.5. The van der Waals surface area contributed by atoms with Crippen molar-refractivity contribution in [2.75, 3.05) is 9.44 Å². The molecule has 2 atom stereocenters. The van der Waals surface area contributed by atoms with E-state index in [4.69, 9.17) is 31.6 Å². The average molecular weight is 676 g/mol. The maximum Gasteiger partial charge on any atom is 0.316 e. The molecule has 0 aliphatic carbocycles. The van der Waals surface area contributed by atoms with Crippen LogP contribution in [-0.2, 0) is 27.9 Å². The van der Waals surface area contributed by atoms with E-state index in [9.17, 15) is 8.42 Å². The smallest absolute Gasteiger partial charge is 0.316 e. The number of aryl methyl sites for hydroxylation is 1. The van der Waals surface area contributed by atoms with Gasteiger partial charge in [-0.1, -0.05) is 76.0 Å². The van der Waals surface area contributed by atoms with Crippen molar-refractivity contribution in [2.45, 2.75) is 52.9 Å². The summed E-state index contributed by atoms with van der Waals surface area (Å²) in [5.41, 5.74) is 4.18. The number of H-pyrrole nitrogens is 1. The van der Waals surface area contributed by atoms with Gasteiger partial charge in [-0.2, -0.15) is 8.42 Å². The Hall–Kier alpha value is -3.58. The predicted octanol–water partition coefficient (Wildman–Crippen LogP) is 7.90. The third-order valence-corrected chi connectivity index (χ3v) is 8.83. The topological polar surface area (TPSA) is 123 Å². The molecular weight excluding hydrogens is 643 g/mol. The zero-order valence-corrected chi connectivity index (χ0v) is 28.0. The molecule has 2 heterocycles. The summed E-state index contributed by atoms with van der Waals surface area (Å²) in [5, 5.41) is 12.3. The Balaban J connectivity index is 1.38. The molecule has 2 unspecified atom stereocenters. The van der Waals surface area contributed by atoms with Gasteiger partial charge < -0.3 is 8.37 Å². The van der Waals surface area contributed by atoms with Gasteiger partial charge in [-0.3, -0.25) is 14.5 Å². The normalized spacial score (nSPS) is 13.2. The molecule has 5 rings (SSSR count). The first-order valence-electron chi connectivity index (χ1n) is 13.7. The summed E-state index contributed by atoms with van der Waals surface area (Å²) in [5.74, 6) is 1.44. The monoisotopic (exact) mass is 674 g/mol. The molecule has 0 amide bonds.